The molecule has 3 aromatic carbocycles. The lowest BCUT2D eigenvalue weighted by molar-refractivity contribution is -0.142. The summed E-state index contributed by atoms with van der Waals surface area (Å²) in [6, 6.07) is 21.8. The quantitative estimate of drug-likeness (QED) is 0.230. The van der Waals surface area contributed by atoms with E-state index in [4.69, 9.17) is 27.9 Å². The van der Waals surface area contributed by atoms with Gasteiger partial charge >= 0.3 is 0 Å². The molecule has 1 N–H and O–H groups in total. The molecular weight excluding hydrogens is 519 g/mol. The van der Waals surface area contributed by atoms with E-state index >= 15 is 0 Å². The van der Waals surface area contributed by atoms with Gasteiger partial charge in [-0.1, -0.05) is 105 Å². The topological polar surface area (TPSA) is 58.6 Å². The minimum Gasteiger partial charge on any atom is -0.483 e. The van der Waals surface area contributed by atoms with Crippen molar-refractivity contribution in [1.82, 2.24) is 10.2 Å². The number of ether oxygens (including phenoxy) is 1. The first-order valence-corrected chi connectivity index (χ1v) is 13.8. The Morgan fingerprint density at radius 1 is 0.921 bits per heavy atom. The molecule has 202 valence electrons. The van der Waals surface area contributed by atoms with Crippen LogP contribution in [0.4, 0.5) is 0 Å². The fourth-order valence-electron chi connectivity index (χ4n) is 4.23. The molecule has 5 nitrogen and oxygen atoms in total. The molecular formula is C31H36Cl2N2O3. The van der Waals surface area contributed by atoms with Crippen LogP contribution in [0.15, 0.2) is 72.8 Å². The fraction of sp³-hybridized carbons (Fsp3) is 0.355. The summed E-state index contributed by atoms with van der Waals surface area (Å²) in [5.41, 5.74) is 2.54. The standard InChI is InChI=1S/C31H36Cl2N2O3/c1-4-5-18-34-31(37)28(19-23-12-7-6-8-13-23)35(20-25-26(32)15-11-16-27(25)33)30(36)21-38-29-17-10-9-14-24(29)22(2)3/h6-17,22,28H,4-5,18-21H2,1-3H3,(H,34,37)/t28-/m0/s1. The Morgan fingerprint density at radius 2 is 1.58 bits per heavy atom. The van der Waals surface area contributed by atoms with Crippen molar-refractivity contribution >= 4 is 35.0 Å². The maximum absolute atomic E-state index is 13.8. The van der Waals surface area contributed by atoms with E-state index in [1.54, 1.807) is 23.1 Å². The molecule has 0 spiro atoms. The van der Waals surface area contributed by atoms with Crippen LogP contribution in [0, 0.1) is 0 Å². The number of rotatable bonds is 13. The zero-order chi connectivity index (χ0) is 27.5. The molecule has 0 unspecified atom stereocenters. The van der Waals surface area contributed by atoms with Gasteiger partial charge < -0.3 is 15.0 Å². The normalized spacial score (nSPS) is 11.7. The van der Waals surface area contributed by atoms with Gasteiger partial charge in [0, 0.05) is 35.1 Å². The predicted molar refractivity (Wildman–Crippen MR) is 155 cm³/mol. The van der Waals surface area contributed by atoms with Gasteiger partial charge in [0.1, 0.15) is 11.8 Å². The molecule has 0 saturated heterocycles. The van der Waals surface area contributed by atoms with E-state index in [1.807, 2.05) is 54.6 Å². The molecule has 0 saturated carbocycles. The lowest BCUT2D eigenvalue weighted by Crippen LogP contribution is -2.52. The Hall–Kier alpha value is -3.02. The molecule has 1 atom stereocenters. The highest BCUT2D eigenvalue weighted by atomic mass is 35.5. The first kappa shape index (κ1) is 29.5. The van der Waals surface area contributed by atoms with E-state index in [2.05, 4.69) is 26.1 Å². The van der Waals surface area contributed by atoms with E-state index in [-0.39, 0.29) is 30.9 Å². The second kappa shape index (κ2) is 14.8. The van der Waals surface area contributed by atoms with E-state index in [0.717, 1.165) is 24.0 Å². The molecule has 3 rings (SSSR count). The van der Waals surface area contributed by atoms with Crippen molar-refractivity contribution in [1.29, 1.82) is 0 Å². The third kappa shape index (κ3) is 8.24. The number of hydrogen-bond donors (Lipinski definition) is 1. The van der Waals surface area contributed by atoms with Crippen molar-refractivity contribution in [3.63, 3.8) is 0 Å². The minimum absolute atomic E-state index is 0.0746. The summed E-state index contributed by atoms with van der Waals surface area (Å²) < 4.78 is 6.03. The predicted octanol–water partition coefficient (Wildman–Crippen LogP) is 7.05. The lowest BCUT2D eigenvalue weighted by atomic mass is 10.0. The Labute approximate surface area is 236 Å². The van der Waals surface area contributed by atoms with Crippen LogP contribution in [0.2, 0.25) is 10.0 Å². The summed E-state index contributed by atoms with van der Waals surface area (Å²) in [5.74, 6) is 0.334. The summed E-state index contributed by atoms with van der Waals surface area (Å²) in [6.07, 6.45) is 2.14. The maximum atomic E-state index is 13.8. The van der Waals surface area contributed by atoms with Crippen LogP contribution in [0.1, 0.15) is 56.2 Å². The van der Waals surface area contributed by atoms with Crippen molar-refractivity contribution in [3.05, 3.63) is 99.5 Å². The summed E-state index contributed by atoms with van der Waals surface area (Å²) in [7, 11) is 0. The third-order valence-electron chi connectivity index (χ3n) is 6.38. The molecule has 0 fully saturated rings. The Morgan fingerprint density at radius 3 is 2.24 bits per heavy atom. The SMILES string of the molecule is CCCCNC(=O)[C@H](Cc1ccccc1)N(Cc1c(Cl)cccc1Cl)C(=O)COc1ccccc1C(C)C. The third-order valence-corrected chi connectivity index (χ3v) is 7.09. The molecule has 3 aromatic rings. The Bertz CT molecular complexity index is 1180. The second-order valence-electron chi connectivity index (χ2n) is 9.55. The number of hydrogen-bond acceptors (Lipinski definition) is 3. The number of para-hydroxylation sites is 1. The number of benzene rings is 3. The van der Waals surface area contributed by atoms with Crippen LogP contribution in [0.3, 0.4) is 0 Å². The number of nitrogens with zero attached hydrogens (tertiary/aromatic N) is 1. The molecule has 0 aliphatic rings. The number of amides is 2. The molecule has 0 aliphatic heterocycles. The van der Waals surface area contributed by atoms with Crippen molar-refractivity contribution < 1.29 is 14.3 Å². The number of carbonyl (C=O) groups is 2. The van der Waals surface area contributed by atoms with Crippen LogP contribution in [0.5, 0.6) is 5.75 Å². The van der Waals surface area contributed by atoms with Crippen molar-refractivity contribution in [3.8, 4) is 5.75 Å². The molecule has 0 radical (unpaired) electrons. The summed E-state index contributed by atoms with van der Waals surface area (Å²) >= 11 is 13.0. The largest absolute Gasteiger partial charge is 0.483 e. The summed E-state index contributed by atoms with van der Waals surface area (Å²) in [5, 5.41) is 3.89. The van der Waals surface area contributed by atoms with Gasteiger partial charge in [-0.15, -0.1) is 0 Å². The van der Waals surface area contributed by atoms with Gasteiger partial charge in [0.05, 0.1) is 0 Å². The average Bonchev–Trinajstić information content (AvgIpc) is 2.91. The number of halogens is 2. The minimum atomic E-state index is -0.780. The Balaban J connectivity index is 1.96. The van der Waals surface area contributed by atoms with Gasteiger partial charge in [-0.3, -0.25) is 9.59 Å². The van der Waals surface area contributed by atoms with Crippen LogP contribution in [0.25, 0.3) is 0 Å². The van der Waals surface area contributed by atoms with Crippen LogP contribution >= 0.6 is 23.2 Å². The van der Waals surface area contributed by atoms with Crippen LogP contribution in [-0.2, 0) is 22.6 Å². The van der Waals surface area contributed by atoms with Crippen molar-refractivity contribution in [2.24, 2.45) is 0 Å². The highest BCUT2D eigenvalue weighted by molar-refractivity contribution is 6.36. The van der Waals surface area contributed by atoms with Gasteiger partial charge in [0.2, 0.25) is 5.91 Å². The maximum Gasteiger partial charge on any atom is 0.261 e. The van der Waals surface area contributed by atoms with Crippen molar-refractivity contribution in [2.45, 2.75) is 58.5 Å². The van der Waals surface area contributed by atoms with Gasteiger partial charge in [-0.05, 0) is 41.7 Å². The molecule has 0 heterocycles. The van der Waals surface area contributed by atoms with Gasteiger partial charge in [0.25, 0.3) is 5.91 Å². The fourth-order valence-corrected chi connectivity index (χ4v) is 4.74. The molecule has 0 aromatic heterocycles. The van der Waals surface area contributed by atoms with E-state index in [0.29, 0.717) is 34.3 Å². The zero-order valence-electron chi connectivity index (χ0n) is 22.3. The second-order valence-corrected chi connectivity index (χ2v) is 10.4. The van der Waals surface area contributed by atoms with E-state index in [9.17, 15) is 9.59 Å². The number of carbonyl (C=O) groups excluding carboxylic acids is 2. The zero-order valence-corrected chi connectivity index (χ0v) is 23.8. The van der Waals surface area contributed by atoms with E-state index < -0.39 is 6.04 Å². The first-order chi connectivity index (χ1) is 18.3. The van der Waals surface area contributed by atoms with Gasteiger partial charge in [-0.25, -0.2) is 0 Å². The molecule has 0 aliphatic carbocycles. The van der Waals surface area contributed by atoms with Gasteiger partial charge in [-0.2, -0.15) is 0 Å². The smallest absolute Gasteiger partial charge is 0.261 e. The summed E-state index contributed by atoms with van der Waals surface area (Å²) in [6.45, 7) is 6.60. The highest BCUT2D eigenvalue weighted by Crippen LogP contribution is 2.28. The van der Waals surface area contributed by atoms with Crippen LogP contribution in [-0.4, -0.2) is 35.9 Å². The monoisotopic (exact) mass is 554 g/mol. The summed E-state index contributed by atoms with van der Waals surface area (Å²) in [4.78, 5) is 28.9. The van der Waals surface area contributed by atoms with E-state index in [1.165, 1.54) is 0 Å². The molecule has 2 amide bonds. The van der Waals surface area contributed by atoms with Crippen LogP contribution < -0.4 is 10.1 Å². The highest BCUT2D eigenvalue weighted by Gasteiger charge is 2.31. The number of unbranched alkanes of at least 4 members (excludes halogenated alkanes) is 1. The van der Waals surface area contributed by atoms with Crippen molar-refractivity contribution in [2.75, 3.05) is 13.2 Å². The molecule has 38 heavy (non-hydrogen) atoms. The Kier molecular flexibility index (Phi) is 11.5. The molecule has 7 heteroatoms. The lowest BCUT2D eigenvalue weighted by Gasteiger charge is -2.32. The first-order valence-electron chi connectivity index (χ1n) is 13.1. The van der Waals surface area contributed by atoms with Gasteiger partial charge in [0.15, 0.2) is 6.61 Å². The average molecular weight is 556 g/mol. The molecule has 0 bridgehead atoms. The number of nitrogens with one attached hydrogen (secondary N) is 1.